The predicted octanol–water partition coefficient (Wildman–Crippen LogP) is 6.60. The summed E-state index contributed by atoms with van der Waals surface area (Å²) in [6.45, 7) is 3.34. The second kappa shape index (κ2) is 9.71. The molecule has 2 N–H and O–H groups in total. The highest BCUT2D eigenvalue weighted by atomic mass is 15.1. The minimum Gasteiger partial charge on any atom is -0.335 e. The van der Waals surface area contributed by atoms with E-state index in [2.05, 4.69) is 54.3 Å². The number of hydrogen-bond donors (Lipinski definition) is 2. The largest absolute Gasteiger partial charge is 0.335 e. The van der Waals surface area contributed by atoms with E-state index < -0.39 is 0 Å². The van der Waals surface area contributed by atoms with Gasteiger partial charge >= 0.3 is 0 Å². The van der Waals surface area contributed by atoms with E-state index >= 15 is 0 Å². The van der Waals surface area contributed by atoms with Crippen LogP contribution in [0.2, 0.25) is 0 Å². The average Bonchev–Trinajstić information content (AvgIpc) is 3.58. The molecule has 37 heavy (non-hydrogen) atoms. The molecule has 4 aromatic heterocycles. The number of piperidine rings is 1. The van der Waals surface area contributed by atoms with Crippen molar-refractivity contribution in [1.82, 2.24) is 35.0 Å². The Labute approximate surface area is 216 Å². The van der Waals surface area contributed by atoms with Crippen LogP contribution in [0.1, 0.15) is 68.4 Å². The smallest absolute Gasteiger partial charge is 0.159 e. The highest BCUT2D eigenvalue weighted by Crippen LogP contribution is 2.37. The molecule has 7 heteroatoms. The molecule has 7 nitrogen and oxygen atoms in total. The maximum absolute atomic E-state index is 5.07. The number of imidazole rings is 1. The van der Waals surface area contributed by atoms with Crippen LogP contribution in [0.15, 0.2) is 49.1 Å². The van der Waals surface area contributed by atoms with Gasteiger partial charge in [-0.25, -0.2) is 4.98 Å². The molecule has 1 aliphatic carbocycles. The van der Waals surface area contributed by atoms with Gasteiger partial charge in [0.05, 0.1) is 22.7 Å². The Morgan fingerprint density at radius 2 is 1.65 bits per heavy atom. The third-order valence-electron chi connectivity index (χ3n) is 8.24. The molecule has 0 bridgehead atoms. The Kier molecular flexibility index (Phi) is 5.93. The lowest BCUT2D eigenvalue weighted by atomic mass is 9.84. The Hall–Kier alpha value is -3.58. The van der Waals surface area contributed by atoms with Gasteiger partial charge in [-0.15, -0.1) is 0 Å². The summed E-state index contributed by atoms with van der Waals surface area (Å²) in [5.41, 5.74) is 8.70. The van der Waals surface area contributed by atoms with Gasteiger partial charge in [0, 0.05) is 41.6 Å². The van der Waals surface area contributed by atoms with Crippen molar-refractivity contribution in [2.75, 3.05) is 13.1 Å². The van der Waals surface area contributed by atoms with Crippen LogP contribution in [0, 0.1) is 0 Å². The van der Waals surface area contributed by atoms with Gasteiger partial charge in [0.15, 0.2) is 5.82 Å². The monoisotopic (exact) mass is 491 g/mol. The van der Waals surface area contributed by atoms with E-state index in [1.54, 1.807) is 0 Å². The van der Waals surface area contributed by atoms with Crippen molar-refractivity contribution in [3.63, 3.8) is 0 Å². The first-order chi connectivity index (χ1) is 18.3. The maximum atomic E-state index is 5.07. The first-order valence-electron chi connectivity index (χ1n) is 13.8. The van der Waals surface area contributed by atoms with Gasteiger partial charge in [-0.05, 0) is 74.0 Å². The minimum absolute atomic E-state index is 0.549. The maximum Gasteiger partial charge on any atom is 0.159 e. The van der Waals surface area contributed by atoms with E-state index in [0.29, 0.717) is 5.92 Å². The minimum atomic E-state index is 0.549. The summed E-state index contributed by atoms with van der Waals surface area (Å²) in [4.78, 5) is 20.2. The normalized spacial score (nSPS) is 17.6. The zero-order valence-electron chi connectivity index (χ0n) is 21.2. The number of benzene rings is 1. The van der Waals surface area contributed by atoms with E-state index in [0.717, 1.165) is 51.1 Å². The van der Waals surface area contributed by atoms with Crippen molar-refractivity contribution in [2.24, 2.45) is 0 Å². The Morgan fingerprint density at radius 1 is 0.811 bits per heavy atom. The van der Waals surface area contributed by atoms with Gasteiger partial charge in [-0.1, -0.05) is 31.7 Å². The second-order valence-corrected chi connectivity index (χ2v) is 10.8. The number of pyridine rings is 2. The molecule has 0 radical (unpaired) electrons. The number of likely N-dealkylation sites (tertiary alicyclic amines) is 1. The van der Waals surface area contributed by atoms with Crippen LogP contribution in [0.25, 0.3) is 44.6 Å². The molecule has 2 aliphatic rings. The number of nitrogens with one attached hydrogen (secondary N) is 2. The van der Waals surface area contributed by atoms with Crippen LogP contribution >= 0.6 is 0 Å². The van der Waals surface area contributed by atoms with Crippen molar-refractivity contribution < 1.29 is 0 Å². The topological polar surface area (TPSA) is 86.4 Å². The lowest BCUT2D eigenvalue weighted by Crippen LogP contribution is -2.29. The third-order valence-corrected chi connectivity index (χ3v) is 8.24. The van der Waals surface area contributed by atoms with E-state index in [1.165, 1.54) is 75.6 Å². The number of aromatic amines is 2. The molecule has 1 aliphatic heterocycles. The highest BCUT2D eigenvalue weighted by Gasteiger charge is 2.21. The number of aromatic nitrogens is 6. The Morgan fingerprint density at radius 3 is 2.54 bits per heavy atom. The van der Waals surface area contributed by atoms with E-state index in [4.69, 9.17) is 4.98 Å². The van der Waals surface area contributed by atoms with Crippen LogP contribution in [0.4, 0.5) is 0 Å². The molecule has 0 spiro atoms. The quantitative estimate of drug-likeness (QED) is 0.289. The molecule has 2 fully saturated rings. The van der Waals surface area contributed by atoms with Crippen LogP contribution in [0.3, 0.4) is 0 Å². The third kappa shape index (κ3) is 4.42. The van der Waals surface area contributed by atoms with Crippen molar-refractivity contribution in [1.29, 1.82) is 0 Å². The van der Waals surface area contributed by atoms with Crippen molar-refractivity contribution in [3.8, 4) is 22.6 Å². The lowest BCUT2D eigenvalue weighted by molar-refractivity contribution is 0.220. The zero-order chi connectivity index (χ0) is 24.6. The zero-order valence-corrected chi connectivity index (χ0v) is 21.2. The second-order valence-electron chi connectivity index (χ2n) is 10.8. The summed E-state index contributed by atoms with van der Waals surface area (Å²) >= 11 is 0. The molecule has 0 atom stereocenters. The number of fused-ring (bicyclic) bond motifs is 2. The fraction of sp³-hybridized carbons (Fsp3) is 0.400. The number of H-pyrrole nitrogens is 2. The molecule has 1 saturated carbocycles. The summed E-state index contributed by atoms with van der Waals surface area (Å²) in [6, 6.07) is 8.75. The Bertz CT molecular complexity index is 1540. The standard InChI is InChI=1S/C30H33N7/c1-3-7-21(8-4-1)25-17-32-18-27-28(25)34-30(33-27)29-24-14-22(9-10-26(24)35-36-29)23-13-20(15-31-16-23)19-37-11-5-2-6-12-37/h9-10,13-18,21H,1-8,11-12,19H2,(H,33,34)(H,35,36). The molecule has 1 saturated heterocycles. The van der Waals surface area contributed by atoms with Crippen molar-refractivity contribution in [2.45, 2.75) is 63.8 Å². The summed E-state index contributed by atoms with van der Waals surface area (Å²) in [5, 5.41) is 8.94. The number of rotatable bonds is 5. The molecule has 0 unspecified atom stereocenters. The fourth-order valence-corrected chi connectivity index (χ4v) is 6.26. The van der Waals surface area contributed by atoms with Gasteiger partial charge in [-0.2, -0.15) is 5.10 Å². The molecule has 7 rings (SSSR count). The van der Waals surface area contributed by atoms with Crippen LogP contribution in [-0.4, -0.2) is 48.1 Å². The van der Waals surface area contributed by atoms with Crippen LogP contribution < -0.4 is 0 Å². The van der Waals surface area contributed by atoms with E-state index in [-0.39, 0.29) is 0 Å². The van der Waals surface area contributed by atoms with Gasteiger partial charge in [-0.3, -0.25) is 20.0 Å². The summed E-state index contributed by atoms with van der Waals surface area (Å²) in [7, 11) is 0. The lowest BCUT2D eigenvalue weighted by Gasteiger charge is -2.26. The average molecular weight is 492 g/mol. The molecule has 188 valence electrons. The van der Waals surface area contributed by atoms with Gasteiger partial charge in [0.2, 0.25) is 0 Å². The fourth-order valence-electron chi connectivity index (χ4n) is 6.26. The SMILES string of the molecule is c1ncc(-c2ccc3[nH]nc(-c4nc5c(C6CCCCC6)cncc5[nH]4)c3c2)cc1CN1CCCCC1. The van der Waals surface area contributed by atoms with Crippen LogP contribution in [0.5, 0.6) is 0 Å². The van der Waals surface area contributed by atoms with E-state index in [1.807, 2.05) is 24.8 Å². The molecular formula is C30H33N7. The number of nitrogens with zero attached hydrogens (tertiary/aromatic N) is 5. The van der Waals surface area contributed by atoms with E-state index in [9.17, 15) is 0 Å². The molecular weight excluding hydrogens is 458 g/mol. The summed E-state index contributed by atoms with van der Waals surface area (Å²) in [5.74, 6) is 1.34. The number of hydrogen-bond acceptors (Lipinski definition) is 5. The van der Waals surface area contributed by atoms with Crippen LogP contribution in [-0.2, 0) is 6.54 Å². The summed E-state index contributed by atoms with van der Waals surface area (Å²) in [6.07, 6.45) is 18.2. The Balaban J connectivity index is 1.23. The molecule has 0 amide bonds. The molecule has 5 aromatic rings. The first-order valence-corrected chi connectivity index (χ1v) is 13.8. The van der Waals surface area contributed by atoms with Gasteiger partial charge in [0.25, 0.3) is 0 Å². The van der Waals surface area contributed by atoms with Gasteiger partial charge < -0.3 is 4.98 Å². The first kappa shape index (κ1) is 22.6. The van der Waals surface area contributed by atoms with Gasteiger partial charge in [0.1, 0.15) is 5.69 Å². The highest BCUT2D eigenvalue weighted by molar-refractivity contribution is 5.95. The molecule has 1 aromatic carbocycles. The summed E-state index contributed by atoms with van der Waals surface area (Å²) < 4.78 is 0. The van der Waals surface area contributed by atoms with Crippen molar-refractivity contribution in [3.05, 3.63) is 60.2 Å². The predicted molar refractivity (Wildman–Crippen MR) is 147 cm³/mol. The van der Waals surface area contributed by atoms with Crippen molar-refractivity contribution >= 4 is 21.9 Å². The molecule has 5 heterocycles.